The molecule has 0 aromatic heterocycles. The number of aryl methyl sites for hydroxylation is 1. The van der Waals surface area contributed by atoms with Crippen molar-refractivity contribution in [2.45, 2.75) is 25.7 Å². The standard InChI is InChI=1S/C14H18N2.ClH/c15-12-14(8-10-16-11-9-14)7-6-13-4-2-1-3-5-13;/h1-5,16H,6-11H2;1H. The zero-order chi connectivity index (χ0) is 11.3. The molecule has 0 radical (unpaired) electrons. The number of nitrogens with zero attached hydrogens (tertiary/aromatic N) is 1. The average Bonchev–Trinajstić information content (AvgIpc) is 2.39. The van der Waals surface area contributed by atoms with E-state index >= 15 is 0 Å². The summed E-state index contributed by atoms with van der Waals surface area (Å²) in [6.45, 7) is 1.98. The van der Waals surface area contributed by atoms with E-state index in [4.69, 9.17) is 0 Å². The van der Waals surface area contributed by atoms with E-state index in [2.05, 4.69) is 35.7 Å². The molecule has 1 saturated heterocycles. The van der Waals surface area contributed by atoms with Gasteiger partial charge in [0.15, 0.2) is 0 Å². The van der Waals surface area contributed by atoms with Crippen molar-refractivity contribution >= 4 is 12.4 Å². The van der Waals surface area contributed by atoms with Gasteiger partial charge in [-0.3, -0.25) is 0 Å². The summed E-state index contributed by atoms with van der Waals surface area (Å²) < 4.78 is 0. The van der Waals surface area contributed by atoms with Crippen molar-refractivity contribution in [3.63, 3.8) is 0 Å². The van der Waals surface area contributed by atoms with Crippen LogP contribution < -0.4 is 5.32 Å². The van der Waals surface area contributed by atoms with Gasteiger partial charge in [0, 0.05) is 0 Å². The molecule has 0 saturated carbocycles. The molecule has 1 aliphatic heterocycles. The molecule has 0 unspecified atom stereocenters. The number of hydrogen-bond donors (Lipinski definition) is 1. The molecule has 2 rings (SSSR count). The number of piperidine rings is 1. The Morgan fingerprint density at radius 2 is 1.82 bits per heavy atom. The summed E-state index contributed by atoms with van der Waals surface area (Å²) in [4.78, 5) is 0. The van der Waals surface area contributed by atoms with Crippen LogP contribution in [0.25, 0.3) is 0 Å². The van der Waals surface area contributed by atoms with Gasteiger partial charge in [0.25, 0.3) is 0 Å². The van der Waals surface area contributed by atoms with E-state index in [-0.39, 0.29) is 17.8 Å². The van der Waals surface area contributed by atoms with Crippen molar-refractivity contribution in [1.29, 1.82) is 5.26 Å². The largest absolute Gasteiger partial charge is 0.317 e. The molecule has 1 fully saturated rings. The highest BCUT2D eigenvalue weighted by Crippen LogP contribution is 2.33. The van der Waals surface area contributed by atoms with Gasteiger partial charge in [-0.1, -0.05) is 30.3 Å². The third kappa shape index (κ3) is 3.73. The molecule has 0 spiro atoms. The zero-order valence-electron chi connectivity index (χ0n) is 9.98. The normalized spacial score (nSPS) is 17.8. The second-order valence-corrected chi connectivity index (χ2v) is 4.63. The summed E-state index contributed by atoms with van der Waals surface area (Å²) in [5.74, 6) is 0. The minimum absolute atomic E-state index is 0. The predicted molar refractivity (Wildman–Crippen MR) is 72.2 cm³/mol. The van der Waals surface area contributed by atoms with Crippen molar-refractivity contribution in [2.75, 3.05) is 13.1 Å². The van der Waals surface area contributed by atoms with Gasteiger partial charge in [0.1, 0.15) is 0 Å². The fraction of sp³-hybridized carbons (Fsp3) is 0.500. The van der Waals surface area contributed by atoms with E-state index < -0.39 is 0 Å². The van der Waals surface area contributed by atoms with E-state index in [0.29, 0.717) is 0 Å². The molecule has 1 aliphatic rings. The zero-order valence-corrected chi connectivity index (χ0v) is 10.8. The van der Waals surface area contributed by atoms with Crippen LogP contribution in [0.15, 0.2) is 30.3 Å². The topological polar surface area (TPSA) is 35.8 Å². The molecular weight excluding hydrogens is 232 g/mol. The van der Waals surface area contributed by atoms with Gasteiger partial charge in [0.05, 0.1) is 11.5 Å². The first-order chi connectivity index (χ1) is 7.85. The van der Waals surface area contributed by atoms with E-state index in [1.807, 2.05) is 6.07 Å². The van der Waals surface area contributed by atoms with Gasteiger partial charge in [-0.05, 0) is 44.3 Å². The minimum atomic E-state index is -0.0823. The highest BCUT2D eigenvalue weighted by molar-refractivity contribution is 5.85. The van der Waals surface area contributed by atoms with Gasteiger partial charge in [0.2, 0.25) is 0 Å². The number of hydrogen-bond acceptors (Lipinski definition) is 2. The van der Waals surface area contributed by atoms with Crippen LogP contribution in [0.3, 0.4) is 0 Å². The van der Waals surface area contributed by atoms with E-state index in [1.165, 1.54) is 5.56 Å². The summed E-state index contributed by atoms with van der Waals surface area (Å²) >= 11 is 0. The average molecular weight is 251 g/mol. The monoisotopic (exact) mass is 250 g/mol. The van der Waals surface area contributed by atoms with Crippen LogP contribution in [0.1, 0.15) is 24.8 Å². The SMILES string of the molecule is Cl.N#CC1(CCc2ccccc2)CCNCC1. The van der Waals surface area contributed by atoms with Crippen LogP contribution in [-0.2, 0) is 6.42 Å². The Hall–Kier alpha value is -1.04. The van der Waals surface area contributed by atoms with Crippen LogP contribution in [0.4, 0.5) is 0 Å². The lowest BCUT2D eigenvalue weighted by Crippen LogP contribution is -2.36. The fourth-order valence-electron chi connectivity index (χ4n) is 2.35. The molecule has 1 aromatic carbocycles. The van der Waals surface area contributed by atoms with Crippen LogP contribution in [-0.4, -0.2) is 13.1 Å². The van der Waals surface area contributed by atoms with Crippen molar-refractivity contribution in [3.8, 4) is 6.07 Å². The lowest BCUT2D eigenvalue weighted by Gasteiger charge is -2.31. The van der Waals surface area contributed by atoms with Gasteiger partial charge in [-0.25, -0.2) is 0 Å². The molecule has 92 valence electrons. The lowest BCUT2D eigenvalue weighted by molar-refractivity contribution is 0.263. The highest BCUT2D eigenvalue weighted by Gasteiger charge is 2.31. The maximum Gasteiger partial charge on any atom is 0.0690 e. The number of nitriles is 1. The van der Waals surface area contributed by atoms with Crippen LogP contribution in [0.5, 0.6) is 0 Å². The second-order valence-electron chi connectivity index (χ2n) is 4.63. The van der Waals surface area contributed by atoms with Crippen molar-refractivity contribution < 1.29 is 0 Å². The maximum absolute atomic E-state index is 9.34. The fourth-order valence-corrected chi connectivity index (χ4v) is 2.35. The first-order valence-corrected chi connectivity index (χ1v) is 6.01. The summed E-state index contributed by atoms with van der Waals surface area (Å²) in [5, 5.41) is 12.7. The van der Waals surface area contributed by atoms with Crippen molar-refractivity contribution in [3.05, 3.63) is 35.9 Å². The molecule has 1 aromatic rings. The molecule has 1 heterocycles. The van der Waals surface area contributed by atoms with E-state index in [9.17, 15) is 5.26 Å². The number of nitrogens with one attached hydrogen (secondary N) is 1. The molecule has 3 heteroatoms. The summed E-state index contributed by atoms with van der Waals surface area (Å²) in [5.41, 5.74) is 1.26. The first-order valence-electron chi connectivity index (χ1n) is 6.01. The number of rotatable bonds is 3. The third-order valence-electron chi connectivity index (χ3n) is 3.53. The molecule has 17 heavy (non-hydrogen) atoms. The predicted octanol–water partition coefficient (Wildman–Crippen LogP) is 2.93. The molecule has 0 atom stereocenters. The van der Waals surface area contributed by atoms with Gasteiger partial charge in [-0.15, -0.1) is 12.4 Å². The van der Waals surface area contributed by atoms with E-state index in [1.54, 1.807) is 0 Å². The molecular formula is C14H19ClN2. The van der Waals surface area contributed by atoms with Crippen LogP contribution >= 0.6 is 12.4 Å². The molecule has 0 aliphatic carbocycles. The smallest absolute Gasteiger partial charge is 0.0690 e. The Balaban J connectivity index is 0.00000144. The van der Waals surface area contributed by atoms with Gasteiger partial charge >= 0.3 is 0 Å². The molecule has 0 amide bonds. The Morgan fingerprint density at radius 3 is 2.41 bits per heavy atom. The Bertz CT molecular complexity index is 364. The first kappa shape index (κ1) is 14.0. The maximum atomic E-state index is 9.34. The summed E-state index contributed by atoms with van der Waals surface area (Å²) in [6.07, 6.45) is 4.01. The number of halogens is 1. The van der Waals surface area contributed by atoms with Crippen molar-refractivity contribution in [2.24, 2.45) is 5.41 Å². The minimum Gasteiger partial charge on any atom is -0.317 e. The Morgan fingerprint density at radius 1 is 1.18 bits per heavy atom. The summed E-state index contributed by atoms with van der Waals surface area (Å²) in [6, 6.07) is 13.0. The highest BCUT2D eigenvalue weighted by atomic mass is 35.5. The molecule has 2 nitrogen and oxygen atoms in total. The Labute approximate surface area is 109 Å². The Kier molecular flexibility index (Phi) is 5.47. The lowest BCUT2D eigenvalue weighted by atomic mass is 9.76. The summed E-state index contributed by atoms with van der Waals surface area (Å²) in [7, 11) is 0. The molecule has 1 N–H and O–H groups in total. The van der Waals surface area contributed by atoms with Crippen molar-refractivity contribution in [1.82, 2.24) is 5.32 Å². The van der Waals surface area contributed by atoms with Gasteiger partial charge in [-0.2, -0.15) is 5.26 Å². The van der Waals surface area contributed by atoms with E-state index in [0.717, 1.165) is 38.8 Å². The number of benzene rings is 1. The molecule has 0 bridgehead atoms. The van der Waals surface area contributed by atoms with Crippen LogP contribution in [0.2, 0.25) is 0 Å². The second kappa shape index (κ2) is 6.64. The third-order valence-corrected chi connectivity index (χ3v) is 3.53. The van der Waals surface area contributed by atoms with Gasteiger partial charge < -0.3 is 5.32 Å². The quantitative estimate of drug-likeness (QED) is 0.896. The van der Waals surface area contributed by atoms with Crippen LogP contribution in [0, 0.1) is 16.7 Å².